The van der Waals surface area contributed by atoms with Crippen LogP contribution in [0.3, 0.4) is 0 Å². The van der Waals surface area contributed by atoms with Gasteiger partial charge in [-0.1, -0.05) is 32.4 Å². The summed E-state index contributed by atoms with van der Waals surface area (Å²) in [5, 5.41) is 0. The smallest absolute Gasteiger partial charge is 0.316 e. The van der Waals surface area contributed by atoms with Crippen molar-refractivity contribution in [2.24, 2.45) is 22.7 Å². The maximum absolute atomic E-state index is 12.8. The Kier molecular flexibility index (Phi) is 4.05. The van der Waals surface area contributed by atoms with E-state index in [4.69, 9.17) is 4.74 Å². The Morgan fingerprint density at radius 1 is 1.10 bits per heavy atom. The van der Waals surface area contributed by atoms with Crippen LogP contribution < -0.4 is 0 Å². The van der Waals surface area contributed by atoms with E-state index in [2.05, 4.69) is 40.7 Å². The van der Waals surface area contributed by atoms with E-state index in [0.717, 1.165) is 12.3 Å². The van der Waals surface area contributed by atoms with E-state index in [1.54, 1.807) is 0 Å². The Balaban J connectivity index is 2.14. The summed E-state index contributed by atoms with van der Waals surface area (Å²) in [5.74, 6) is 1.39. The zero-order valence-corrected chi connectivity index (χ0v) is 14.0. The van der Waals surface area contributed by atoms with Gasteiger partial charge in [-0.15, -0.1) is 0 Å². The van der Waals surface area contributed by atoms with E-state index in [0.29, 0.717) is 5.92 Å². The molecule has 0 heterocycles. The molecule has 2 saturated carbocycles. The van der Waals surface area contributed by atoms with E-state index < -0.39 is 5.41 Å². The summed E-state index contributed by atoms with van der Waals surface area (Å²) < 4.78 is 5.95. The molecule has 0 aromatic heterocycles. The molecule has 2 bridgehead atoms. The lowest BCUT2D eigenvalue weighted by molar-refractivity contribution is -0.165. The first-order valence-electron chi connectivity index (χ1n) is 8.00. The van der Waals surface area contributed by atoms with Gasteiger partial charge in [-0.2, -0.15) is 0 Å². The molecule has 114 valence electrons. The third-order valence-corrected chi connectivity index (χ3v) is 5.49. The number of ether oxygens (including phenoxy) is 1. The summed E-state index contributed by atoms with van der Waals surface area (Å²) in [7, 11) is 0. The summed E-state index contributed by atoms with van der Waals surface area (Å²) in [5.41, 5.74) is 0.486. The third-order valence-electron chi connectivity index (χ3n) is 5.49. The first kappa shape index (κ1) is 15.6. The largest absolute Gasteiger partial charge is 0.461 e. The maximum Gasteiger partial charge on any atom is 0.316 e. The molecule has 0 radical (unpaired) electrons. The topological polar surface area (TPSA) is 26.3 Å². The van der Waals surface area contributed by atoms with Gasteiger partial charge in [0.25, 0.3) is 0 Å². The third kappa shape index (κ3) is 2.80. The zero-order valence-electron chi connectivity index (χ0n) is 14.0. The lowest BCUT2D eigenvalue weighted by atomic mass is 9.67. The Morgan fingerprint density at radius 3 is 2.15 bits per heavy atom. The standard InChI is InChI=1S/C18H30O2/c1-12(2)11-18(6,17(3,4)5)16(19)20-15-10-13-7-8-14(15)9-13/h11,13-15H,7-10H2,1-6H3. The predicted molar refractivity (Wildman–Crippen MR) is 82.3 cm³/mol. The van der Waals surface area contributed by atoms with Crippen molar-refractivity contribution in [3.8, 4) is 0 Å². The number of fused-ring (bicyclic) bond motifs is 2. The van der Waals surface area contributed by atoms with E-state index in [1.807, 2.05) is 6.92 Å². The monoisotopic (exact) mass is 278 g/mol. The fourth-order valence-corrected chi connectivity index (χ4v) is 3.75. The van der Waals surface area contributed by atoms with Crippen molar-refractivity contribution < 1.29 is 9.53 Å². The number of rotatable bonds is 3. The van der Waals surface area contributed by atoms with Crippen LogP contribution in [0.2, 0.25) is 0 Å². The van der Waals surface area contributed by atoms with Gasteiger partial charge in [0.1, 0.15) is 6.10 Å². The highest BCUT2D eigenvalue weighted by atomic mass is 16.5. The Labute approximate surface area is 124 Å². The predicted octanol–water partition coefficient (Wildman–Crippen LogP) is 4.74. The molecule has 0 spiro atoms. The molecule has 4 unspecified atom stereocenters. The van der Waals surface area contributed by atoms with E-state index in [9.17, 15) is 4.79 Å². The van der Waals surface area contributed by atoms with Crippen LogP contribution >= 0.6 is 0 Å². The molecule has 2 aliphatic rings. The lowest BCUT2D eigenvalue weighted by Crippen LogP contribution is -2.42. The van der Waals surface area contributed by atoms with Crippen molar-refractivity contribution in [2.75, 3.05) is 0 Å². The molecule has 2 fully saturated rings. The van der Waals surface area contributed by atoms with Crippen molar-refractivity contribution in [1.29, 1.82) is 0 Å². The summed E-state index contributed by atoms with van der Waals surface area (Å²) >= 11 is 0. The van der Waals surface area contributed by atoms with Crippen molar-refractivity contribution in [2.45, 2.75) is 73.3 Å². The van der Waals surface area contributed by atoms with Gasteiger partial charge in [-0.25, -0.2) is 0 Å². The SMILES string of the molecule is CC(C)=CC(C)(C(=O)OC1CC2CCC1C2)C(C)(C)C. The van der Waals surface area contributed by atoms with Crippen LogP contribution in [0.1, 0.15) is 67.2 Å². The Bertz CT molecular complexity index is 412. The highest BCUT2D eigenvalue weighted by Crippen LogP contribution is 2.48. The molecule has 0 N–H and O–H groups in total. The number of esters is 1. The molecule has 2 nitrogen and oxygen atoms in total. The van der Waals surface area contributed by atoms with Gasteiger partial charge in [0.2, 0.25) is 0 Å². The Morgan fingerprint density at radius 2 is 1.75 bits per heavy atom. The van der Waals surface area contributed by atoms with Gasteiger partial charge >= 0.3 is 5.97 Å². The summed E-state index contributed by atoms with van der Waals surface area (Å²) in [6, 6.07) is 0. The molecule has 2 aliphatic carbocycles. The van der Waals surface area contributed by atoms with Crippen LogP contribution in [0.4, 0.5) is 0 Å². The van der Waals surface area contributed by atoms with Gasteiger partial charge in [0, 0.05) is 0 Å². The van der Waals surface area contributed by atoms with Crippen molar-refractivity contribution in [1.82, 2.24) is 0 Å². The lowest BCUT2D eigenvalue weighted by Gasteiger charge is -2.39. The van der Waals surface area contributed by atoms with Gasteiger partial charge in [0.15, 0.2) is 0 Å². The first-order chi connectivity index (χ1) is 9.13. The fourth-order valence-electron chi connectivity index (χ4n) is 3.75. The van der Waals surface area contributed by atoms with Crippen molar-refractivity contribution in [3.05, 3.63) is 11.6 Å². The molecule has 0 aromatic rings. The number of carbonyl (C=O) groups is 1. The number of hydrogen-bond donors (Lipinski definition) is 0. The number of carbonyl (C=O) groups excluding carboxylic acids is 1. The van der Waals surface area contributed by atoms with Crippen LogP contribution in [-0.2, 0) is 9.53 Å². The van der Waals surface area contributed by atoms with E-state index >= 15 is 0 Å². The highest BCUT2D eigenvalue weighted by molar-refractivity contribution is 5.80. The van der Waals surface area contributed by atoms with Gasteiger partial charge in [-0.3, -0.25) is 4.79 Å². The number of hydrogen-bond acceptors (Lipinski definition) is 2. The molecule has 0 aromatic carbocycles. The van der Waals surface area contributed by atoms with E-state index in [1.165, 1.54) is 24.8 Å². The average molecular weight is 278 g/mol. The molecule has 0 saturated heterocycles. The van der Waals surface area contributed by atoms with Crippen LogP contribution in [0.15, 0.2) is 11.6 Å². The molecule has 2 rings (SSSR count). The maximum atomic E-state index is 12.8. The minimum atomic E-state index is -0.548. The van der Waals surface area contributed by atoms with Gasteiger partial charge in [-0.05, 0) is 63.7 Å². The molecule has 0 aliphatic heterocycles. The molecular formula is C18H30O2. The second kappa shape index (κ2) is 5.20. The van der Waals surface area contributed by atoms with E-state index in [-0.39, 0.29) is 17.5 Å². The number of allylic oxidation sites excluding steroid dienone is 1. The minimum Gasteiger partial charge on any atom is -0.461 e. The quantitative estimate of drug-likeness (QED) is 0.550. The summed E-state index contributed by atoms with van der Waals surface area (Å²) in [6.07, 6.45) is 7.20. The second-order valence-corrected chi connectivity index (χ2v) is 8.29. The van der Waals surface area contributed by atoms with Crippen LogP contribution in [0, 0.1) is 22.7 Å². The highest BCUT2D eigenvalue weighted by Gasteiger charge is 2.47. The molecule has 2 heteroatoms. The van der Waals surface area contributed by atoms with Crippen molar-refractivity contribution >= 4 is 5.97 Å². The molecule has 20 heavy (non-hydrogen) atoms. The summed E-state index contributed by atoms with van der Waals surface area (Å²) in [4.78, 5) is 12.8. The average Bonchev–Trinajstić information content (AvgIpc) is 2.88. The van der Waals surface area contributed by atoms with Crippen LogP contribution in [0.5, 0.6) is 0 Å². The summed E-state index contributed by atoms with van der Waals surface area (Å²) in [6.45, 7) is 12.5. The van der Waals surface area contributed by atoms with Crippen LogP contribution in [0.25, 0.3) is 0 Å². The van der Waals surface area contributed by atoms with Gasteiger partial charge < -0.3 is 4.74 Å². The van der Waals surface area contributed by atoms with Crippen LogP contribution in [-0.4, -0.2) is 12.1 Å². The van der Waals surface area contributed by atoms with Crippen molar-refractivity contribution in [3.63, 3.8) is 0 Å². The second-order valence-electron chi connectivity index (χ2n) is 8.29. The first-order valence-corrected chi connectivity index (χ1v) is 8.00. The molecule has 0 amide bonds. The fraction of sp³-hybridized carbons (Fsp3) is 0.833. The minimum absolute atomic E-state index is 0.0382. The Hall–Kier alpha value is -0.790. The zero-order chi connectivity index (χ0) is 15.1. The van der Waals surface area contributed by atoms with Gasteiger partial charge in [0.05, 0.1) is 5.41 Å². The molecule has 4 atom stereocenters. The normalized spacial score (nSPS) is 31.8. The molecular weight excluding hydrogens is 248 g/mol.